The number of nitrogens with zero attached hydrogens (tertiary/aromatic N) is 1. The SMILES string of the molecule is COC1CCN(CCC(C)(C)C(=N)N)C(C)C1. The minimum atomic E-state index is -0.183. The predicted molar refractivity (Wildman–Crippen MR) is 71.4 cm³/mol. The summed E-state index contributed by atoms with van der Waals surface area (Å²) in [6.45, 7) is 8.45. The van der Waals surface area contributed by atoms with E-state index in [2.05, 4.69) is 11.8 Å². The lowest BCUT2D eigenvalue weighted by Gasteiger charge is -2.38. The van der Waals surface area contributed by atoms with Crippen molar-refractivity contribution in [1.29, 1.82) is 5.41 Å². The van der Waals surface area contributed by atoms with Crippen LogP contribution in [-0.4, -0.2) is 43.1 Å². The number of rotatable bonds is 5. The Morgan fingerprint density at radius 1 is 1.53 bits per heavy atom. The Hall–Kier alpha value is -0.610. The quantitative estimate of drug-likeness (QED) is 0.570. The lowest BCUT2D eigenvalue weighted by Crippen LogP contribution is -2.45. The van der Waals surface area contributed by atoms with Crippen LogP contribution in [0.4, 0.5) is 0 Å². The average molecular weight is 241 g/mol. The van der Waals surface area contributed by atoms with E-state index >= 15 is 0 Å². The van der Waals surface area contributed by atoms with Crippen LogP contribution in [0, 0.1) is 10.8 Å². The second-order valence-corrected chi connectivity index (χ2v) is 5.81. The van der Waals surface area contributed by atoms with Gasteiger partial charge in [0.25, 0.3) is 0 Å². The van der Waals surface area contributed by atoms with Gasteiger partial charge in [0.2, 0.25) is 0 Å². The van der Waals surface area contributed by atoms with Gasteiger partial charge in [0.15, 0.2) is 0 Å². The summed E-state index contributed by atoms with van der Waals surface area (Å²) in [6, 6.07) is 0.566. The Morgan fingerprint density at radius 2 is 2.18 bits per heavy atom. The van der Waals surface area contributed by atoms with E-state index in [-0.39, 0.29) is 11.3 Å². The van der Waals surface area contributed by atoms with E-state index in [9.17, 15) is 0 Å². The molecular formula is C13H27N3O. The summed E-state index contributed by atoms with van der Waals surface area (Å²) in [5.41, 5.74) is 5.43. The fourth-order valence-corrected chi connectivity index (χ4v) is 2.28. The van der Waals surface area contributed by atoms with Gasteiger partial charge < -0.3 is 15.4 Å². The molecule has 2 unspecified atom stereocenters. The zero-order valence-electron chi connectivity index (χ0n) is 11.6. The van der Waals surface area contributed by atoms with Crippen molar-refractivity contribution in [2.24, 2.45) is 11.1 Å². The molecule has 0 amide bonds. The van der Waals surface area contributed by atoms with Crippen molar-refractivity contribution in [3.63, 3.8) is 0 Å². The third-order valence-electron chi connectivity index (χ3n) is 4.05. The van der Waals surface area contributed by atoms with Gasteiger partial charge in [0.1, 0.15) is 0 Å². The van der Waals surface area contributed by atoms with Crippen molar-refractivity contribution in [3.05, 3.63) is 0 Å². The monoisotopic (exact) mass is 241 g/mol. The zero-order valence-corrected chi connectivity index (χ0v) is 11.6. The van der Waals surface area contributed by atoms with Gasteiger partial charge in [-0.1, -0.05) is 13.8 Å². The molecule has 4 heteroatoms. The molecule has 1 aliphatic heterocycles. The minimum Gasteiger partial charge on any atom is -0.387 e. The maximum Gasteiger partial charge on any atom is 0.0963 e. The van der Waals surface area contributed by atoms with Gasteiger partial charge in [-0.2, -0.15) is 0 Å². The van der Waals surface area contributed by atoms with Gasteiger partial charge in [0, 0.05) is 25.1 Å². The first-order chi connectivity index (χ1) is 7.86. The van der Waals surface area contributed by atoms with E-state index in [1.807, 2.05) is 13.8 Å². The van der Waals surface area contributed by atoms with Crippen molar-refractivity contribution in [1.82, 2.24) is 4.90 Å². The van der Waals surface area contributed by atoms with E-state index in [0.29, 0.717) is 12.1 Å². The molecule has 3 N–H and O–H groups in total. The van der Waals surface area contributed by atoms with Gasteiger partial charge in [0.05, 0.1) is 11.9 Å². The number of nitrogens with one attached hydrogen (secondary N) is 1. The number of hydrogen-bond donors (Lipinski definition) is 2. The molecule has 0 radical (unpaired) electrons. The number of piperidine rings is 1. The van der Waals surface area contributed by atoms with Crippen molar-refractivity contribution in [3.8, 4) is 0 Å². The Labute approximate surface area is 105 Å². The van der Waals surface area contributed by atoms with Crippen LogP contribution in [0.25, 0.3) is 0 Å². The fraction of sp³-hybridized carbons (Fsp3) is 0.923. The molecule has 0 aromatic rings. The molecular weight excluding hydrogens is 214 g/mol. The van der Waals surface area contributed by atoms with Crippen LogP contribution >= 0.6 is 0 Å². The summed E-state index contributed by atoms with van der Waals surface area (Å²) in [4.78, 5) is 2.49. The summed E-state index contributed by atoms with van der Waals surface area (Å²) in [7, 11) is 1.80. The van der Waals surface area contributed by atoms with Crippen molar-refractivity contribution < 1.29 is 4.74 Å². The standard InChI is InChI=1S/C13H27N3O/c1-10-9-11(17-4)5-7-16(10)8-6-13(2,3)12(14)15/h10-11H,5-9H2,1-4H3,(H3,14,15). The first-order valence-electron chi connectivity index (χ1n) is 6.48. The number of ether oxygens (including phenoxy) is 1. The van der Waals surface area contributed by atoms with Crippen molar-refractivity contribution >= 4 is 5.84 Å². The first kappa shape index (κ1) is 14.5. The summed E-state index contributed by atoms with van der Waals surface area (Å²) in [6.07, 6.45) is 3.59. The first-order valence-corrected chi connectivity index (χ1v) is 6.48. The number of likely N-dealkylation sites (tertiary alicyclic amines) is 1. The highest BCUT2D eigenvalue weighted by Gasteiger charge is 2.28. The molecule has 1 fully saturated rings. The Bertz CT molecular complexity index is 265. The second kappa shape index (κ2) is 5.83. The van der Waals surface area contributed by atoms with Crippen LogP contribution in [0.3, 0.4) is 0 Å². The lowest BCUT2D eigenvalue weighted by molar-refractivity contribution is 0.0138. The highest BCUT2D eigenvalue weighted by Crippen LogP contribution is 2.24. The predicted octanol–water partition coefficient (Wildman–Crippen LogP) is 1.84. The molecule has 0 aromatic heterocycles. The van der Waals surface area contributed by atoms with Gasteiger partial charge in [-0.15, -0.1) is 0 Å². The van der Waals surface area contributed by atoms with E-state index < -0.39 is 0 Å². The van der Waals surface area contributed by atoms with Gasteiger partial charge in [-0.05, 0) is 32.7 Å². The van der Waals surface area contributed by atoms with E-state index in [1.165, 1.54) is 0 Å². The van der Waals surface area contributed by atoms with Crippen LogP contribution in [0.15, 0.2) is 0 Å². The van der Waals surface area contributed by atoms with E-state index in [4.69, 9.17) is 15.9 Å². The normalized spacial score (nSPS) is 27.1. The van der Waals surface area contributed by atoms with Crippen LogP contribution in [0.5, 0.6) is 0 Å². The molecule has 0 bridgehead atoms. The van der Waals surface area contributed by atoms with Crippen LogP contribution in [0.1, 0.15) is 40.0 Å². The van der Waals surface area contributed by atoms with Crippen molar-refractivity contribution in [2.75, 3.05) is 20.2 Å². The third kappa shape index (κ3) is 3.96. The van der Waals surface area contributed by atoms with Gasteiger partial charge >= 0.3 is 0 Å². The van der Waals surface area contributed by atoms with Crippen LogP contribution in [-0.2, 0) is 4.74 Å². The molecule has 0 saturated carbocycles. The lowest BCUT2D eigenvalue weighted by atomic mass is 9.87. The molecule has 1 saturated heterocycles. The molecule has 17 heavy (non-hydrogen) atoms. The van der Waals surface area contributed by atoms with Gasteiger partial charge in [-0.25, -0.2) is 0 Å². The third-order valence-corrected chi connectivity index (χ3v) is 4.05. The maximum atomic E-state index is 7.57. The number of nitrogens with two attached hydrogens (primary N) is 1. The smallest absolute Gasteiger partial charge is 0.0963 e. The minimum absolute atomic E-state index is 0.183. The summed E-state index contributed by atoms with van der Waals surface area (Å²) in [5.74, 6) is 0.289. The summed E-state index contributed by atoms with van der Waals surface area (Å²) < 4.78 is 5.41. The fourth-order valence-electron chi connectivity index (χ4n) is 2.28. The number of amidine groups is 1. The topological polar surface area (TPSA) is 62.3 Å². The second-order valence-electron chi connectivity index (χ2n) is 5.81. The van der Waals surface area contributed by atoms with Crippen LogP contribution < -0.4 is 5.73 Å². The highest BCUT2D eigenvalue weighted by atomic mass is 16.5. The molecule has 0 aliphatic carbocycles. The largest absolute Gasteiger partial charge is 0.387 e. The molecule has 2 atom stereocenters. The van der Waals surface area contributed by atoms with Crippen LogP contribution in [0.2, 0.25) is 0 Å². The van der Waals surface area contributed by atoms with Crippen molar-refractivity contribution in [2.45, 2.75) is 52.2 Å². The van der Waals surface area contributed by atoms with E-state index in [0.717, 1.165) is 32.4 Å². The zero-order chi connectivity index (χ0) is 13.1. The molecule has 0 spiro atoms. The maximum absolute atomic E-state index is 7.57. The molecule has 100 valence electrons. The molecule has 1 heterocycles. The van der Waals surface area contributed by atoms with Gasteiger partial charge in [-0.3, -0.25) is 5.41 Å². The molecule has 1 aliphatic rings. The molecule has 0 aromatic carbocycles. The Kier molecular flexibility index (Phi) is 4.95. The molecule has 4 nitrogen and oxygen atoms in total. The Balaban J connectivity index is 2.41. The summed E-state index contributed by atoms with van der Waals surface area (Å²) >= 11 is 0. The number of methoxy groups -OCH3 is 1. The molecule has 1 rings (SSSR count). The van der Waals surface area contributed by atoms with E-state index in [1.54, 1.807) is 7.11 Å². The Morgan fingerprint density at radius 3 is 2.65 bits per heavy atom. The average Bonchev–Trinajstić information content (AvgIpc) is 2.27. The number of hydrogen-bond acceptors (Lipinski definition) is 3. The highest BCUT2D eigenvalue weighted by molar-refractivity contribution is 5.82. The summed E-state index contributed by atoms with van der Waals surface area (Å²) in [5, 5.41) is 7.57.